The highest BCUT2D eigenvalue weighted by Crippen LogP contribution is 2.42. The largest absolute Gasteiger partial charge is 0.471 e. The number of aryl methyl sites for hydroxylation is 2. The van der Waals surface area contributed by atoms with Gasteiger partial charge in [-0.15, -0.1) is 0 Å². The normalized spacial score (nSPS) is 15.4. The van der Waals surface area contributed by atoms with E-state index in [4.69, 9.17) is 20.8 Å². The molecule has 176 valence electrons. The fraction of sp³-hybridized carbons (Fsp3) is 0.276. The second kappa shape index (κ2) is 7.79. The van der Waals surface area contributed by atoms with Crippen molar-refractivity contribution in [3.05, 3.63) is 80.7 Å². The average molecular weight is 485 g/mol. The SMILES string of the molecule is CCn1c2ccccc2c2cc(N3COc4c(Cl)cc5c6c(c(=O)oc5c4C3)CCCC6)ccc21. The molecule has 0 unspecified atom stereocenters. The monoisotopic (exact) mass is 484 g/mol. The van der Waals surface area contributed by atoms with Gasteiger partial charge < -0.3 is 18.6 Å². The molecule has 1 aliphatic heterocycles. The topological polar surface area (TPSA) is 47.6 Å². The fourth-order valence-corrected chi connectivity index (χ4v) is 6.29. The van der Waals surface area contributed by atoms with Gasteiger partial charge in [0, 0.05) is 45.0 Å². The number of hydrogen-bond donors (Lipinski definition) is 0. The van der Waals surface area contributed by atoms with Gasteiger partial charge in [0.25, 0.3) is 0 Å². The maximum Gasteiger partial charge on any atom is 0.339 e. The quantitative estimate of drug-likeness (QED) is 0.258. The molecule has 0 radical (unpaired) electrons. The first-order chi connectivity index (χ1) is 17.1. The van der Waals surface area contributed by atoms with Crippen LogP contribution in [0.3, 0.4) is 0 Å². The minimum atomic E-state index is -0.220. The Balaban J connectivity index is 1.38. The molecule has 7 rings (SSSR count). The highest BCUT2D eigenvalue weighted by molar-refractivity contribution is 6.33. The zero-order valence-corrected chi connectivity index (χ0v) is 20.3. The Kier molecular flexibility index (Phi) is 4.65. The standard InChI is InChI=1S/C29H25ClN2O3/c1-2-32-25-10-6-5-8-19(25)21-13-17(11-12-26(21)32)31-15-23-27-22(14-24(30)28(23)34-16-31)18-7-3-4-9-20(18)29(33)35-27/h5-6,8,10-14H,2-4,7,9,15-16H2,1H3. The van der Waals surface area contributed by atoms with Crippen molar-refractivity contribution in [2.45, 2.75) is 45.7 Å². The van der Waals surface area contributed by atoms with E-state index in [0.29, 0.717) is 29.6 Å². The van der Waals surface area contributed by atoms with Crippen molar-refractivity contribution in [3.63, 3.8) is 0 Å². The molecule has 3 aromatic carbocycles. The van der Waals surface area contributed by atoms with E-state index in [1.807, 2.05) is 6.07 Å². The molecule has 2 aliphatic rings. The van der Waals surface area contributed by atoms with Crippen LogP contribution in [-0.4, -0.2) is 11.3 Å². The lowest BCUT2D eigenvalue weighted by Gasteiger charge is -2.32. The molecule has 0 bridgehead atoms. The van der Waals surface area contributed by atoms with Crippen LogP contribution in [0.1, 0.15) is 36.5 Å². The molecule has 35 heavy (non-hydrogen) atoms. The van der Waals surface area contributed by atoms with Gasteiger partial charge in [0.05, 0.1) is 17.1 Å². The minimum Gasteiger partial charge on any atom is -0.471 e. The van der Waals surface area contributed by atoms with Crippen LogP contribution in [0.25, 0.3) is 32.8 Å². The van der Waals surface area contributed by atoms with E-state index < -0.39 is 0 Å². The predicted molar refractivity (Wildman–Crippen MR) is 141 cm³/mol. The summed E-state index contributed by atoms with van der Waals surface area (Å²) in [5, 5.41) is 4.00. The summed E-state index contributed by atoms with van der Waals surface area (Å²) in [4.78, 5) is 15.0. The first-order valence-electron chi connectivity index (χ1n) is 12.3. The second-order valence-corrected chi connectivity index (χ2v) is 9.94. The highest BCUT2D eigenvalue weighted by atomic mass is 35.5. The molecule has 0 saturated heterocycles. The molecule has 3 heterocycles. The first kappa shape index (κ1) is 20.9. The molecule has 0 saturated carbocycles. The maximum absolute atomic E-state index is 12.8. The highest BCUT2D eigenvalue weighted by Gasteiger charge is 2.28. The van der Waals surface area contributed by atoms with E-state index in [1.54, 1.807) is 0 Å². The van der Waals surface area contributed by atoms with Gasteiger partial charge in [0.15, 0.2) is 6.73 Å². The summed E-state index contributed by atoms with van der Waals surface area (Å²) in [6, 6.07) is 17.0. The third-order valence-corrected chi connectivity index (χ3v) is 7.95. The van der Waals surface area contributed by atoms with Gasteiger partial charge >= 0.3 is 5.63 Å². The van der Waals surface area contributed by atoms with Crippen LogP contribution in [0.5, 0.6) is 5.75 Å². The van der Waals surface area contributed by atoms with Gasteiger partial charge in [-0.05, 0) is 68.5 Å². The van der Waals surface area contributed by atoms with Crippen molar-refractivity contribution in [2.24, 2.45) is 0 Å². The van der Waals surface area contributed by atoms with Crippen molar-refractivity contribution in [2.75, 3.05) is 11.6 Å². The van der Waals surface area contributed by atoms with Crippen molar-refractivity contribution in [1.82, 2.24) is 4.57 Å². The number of ether oxygens (including phenoxy) is 1. The van der Waals surface area contributed by atoms with Gasteiger partial charge in [-0.25, -0.2) is 4.79 Å². The van der Waals surface area contributed by atoms with Gasteiger partial charge in [-0.3, -0.25) is 0 Å². The molecule has 5 aromatic rings. The zero-order valence-electron chi connectivity index (χ0n) is 19.6. The summed E-state index contributed by atoms with van der Waals surface area (Å²) in [6.07, 6.45) is 3.76. The number of para-hydroxylation sites is 1. The van der Waals surface area contributed by atoms with Gasteiger partial charge in [0.1, 0.15) is 11.3 Å². The third-order valence-electron chi connectivity index (χ3n) is 7.67. The Morgan fingerprint density at radius 2 is 1.71 bits per heavy atom. The van der Waals surface area contributed by atoms with E-state index >= 15 is 0 Å². The molecule has 0 N–H and O–H groups in total. The van der Waals surface area contributed by atoms with Crippen LogP contribution in [0.2, 0.25) is 5.02 Å². The molecule has 1 aliphatic carbocycles. The maximum atomic E-state index is 12.8. The summed E-state index contributed by atoms with van der Waals surface area (Å²) < 4.78 is 14.4. The van der Waals surface area contributed by atoms with Crippen LogP contribution < -0.4 is 15.3 Å². The van der Waals surface area contributed by atoms with Crippen LogP contribution in [0, 0.1) is 0 Å². The molecule has 0 amide bonds. The lowest BCUT2D eigenvalue weighted by molar-refractivity contribution is 0.289. The lowest BCUT2D eigenvalue weighted by Crippen LogP contribution is -2.32. The Hall–Kier alpha value is -3.44. The van der Waals surface area contributed by atoms with E-state index in [-0.39, 0.29) is 5.63 Å². The lowest BCUT2D eigenvalue weighted by atomic mass is 9.90. The molecule has 0 atom stereocenters. The van der Waals surface area contributed by atoms with E-state index in [2.05, 4.69) is 58.9 Å². The molecule has 0 spiro atoms. The van der Waals surface area contributed by atoms with E-state index in [0.717, 1.165) is 60.0 Å². The van der Waals surface area contributed by atoms with Crippen molar-refractivity contribution < 1.29 is 9.15 Å². The number of fused-ring (bicyclic) bond motifs is 8. The van der Waals surface area contributed by atoms with Crippen LogP contribution >= 0.6 is 11.6 Å². The minimum absolute atomic E-state index is 0.220. The number of benzene rings is 3. The molecule has 0 fully saturated rings. The number of hydrogen-bond acceptors (Lipinski definition) is 4. The van der Waals surface area contributed by atoms with Crippen molar-refractivity contribution >= 4 is 50.1 Å². The Morgan fingerprint density at radius 3 is 2.57 bits per heavy atom. The van der Waals surface area contributed by atoms with Gasteiger partial charge in [-0.1, -0.05) is 29.8 Å². The smallest absolute Gasteiger partial charge is 0.339 e. The van der Waals surface area contributed by atoms with Gasteiger partial charge in [-0.2, -0.15) is 0 Å². The molecular formula is C29H25ClN2O3. The zero-order chi connectivity index (χ0) is 23.7. The van der Waals surface area contributed by atoms with Crippen molar-refractivity contribution in [3.8, 4) is 5.75 Å². The Labute approximate surface area is 207 Å². The summed E-state index contributed by atoms with van der Waals surface area (Å²) in [5.74, 6) is 0.623. The van der Waals surface area contributed by atoms with Crippen LogP contribution in [0.4, 0.5) is 5.69 Å². The number of rotatable bonds is 2. The average Bonchev–Trinajstić information content (AvgIpc) is 3.22. The van der Waals surface area contributed by atoms with E-state index in [1.165, 1.54) is 21.8 Å². The van der Waals surface area contributed by atoms with Crippen LogP contribution in [-0.2, 0) is 25.9 Å². The summed E-state index contributed by atoms with van der Waals surface area (Å²) in [7, 11) is 0. The second-order valence-electron chi connectivity index (χ2n) is 9.53. The first-order valence-corrected chi connectivity index (χ1v) is 12.7. The number of aromatic nitrogens is 1. The van der Waals surface area contributed by atoms with Gasteiger partial charge in [0.2, 0.25) is 0 Å². The predicted octanol–water partition coefficient (Wildman–Crippen LogP) is 6.81. The van der Waals surface area contributed by atoms with Crippen LogP contribution in [0.15, 0.2) is 57.7 Å². The Morgan fingerprint density at radius 1 is 0.914 bits per heavy atom. The van der Waals surface area contributed by atoms with Crippen molar-refractivity contribution in [1.29, 1.82) is 0 Å². The summed E-state index contributed by atoms with van der Waals surface area (Å²) in [6.45, 7) is 4.03. The molecule has 2 aromatic heterocycles. The number of halogens is 1. The summed E-state index contributed by atoms with van der Waals surface area (Å²) in [5.41, 5.74) is 6.68. The fourth-order valence-electron chi connectivity index (χ4n) is 6.01. The Bertz CT molecular complexity index is 1720. The molecule has 5 nitrogen and oxygen atoms in total. The number of nitrogens with zero attached hydrogens (tertiary/aromatic N) is 2. The molecule has 6 heteroatoms. The van der Waals surface area contributed by atoms with E-state index in [9.17, 15) is 4.79 Å². The molecular weight excluding hydrogens is 460 g/mol. The number of anilines is 1. The summed E-state index contributed by atoms with van der Waals surface area (Å²) >= 11 is 6.69. The third kappa shape index (κ3) is 3.04.